The van der Waals surface area contributed by atoms with Crippen molar-refractivity contribution in [2.24, 2.45) is 24.8 Å². The standard InChI is InChI=1S/C23H31N4O3P/c1-12-7-17(5-6-18(12)31)25-22(28)19-20(26-27(3)21(19)24-2)15-8-13-10-16(23(29)30-4)11-14(13)9-15/h5-7,13-16,24H,8-11,31H2,1-4H3,(H,25,28). The number of anilines is 2. The van der Waals surface area contributed by atoms with Gasteiger partial charge in [0.15, 0.2) is 0 Å². The van der Waals surface area contributed by atoms with Crippen LogP contribution >= 0.6 is 9.24 Å². The topological polar surface area (TPSA) is 85.2 Å². The molecule has 1 aromatic carbocycles. The Labute approximate surface area is 185 Å². The number of carbonyl (C=O) groups excluding carboxylic acids is 2. The summed E-state index contributed by atoms with van der Waals surface area (Å²) < 4.78 is 6.71. The Balaban J connectivity index is 1.57. The summed E-state index contributed by atoms with van der Waals surface area (Å²) >= 11 is 0. The largest absolute Gasteiger partial charge is 0.469 e. The van der Waals surface area contributed by atoms with Crippen molar-refractivity contribution in [3.63, 3.8) is 0 Å². The fourth-order valence-electron chi connectivity index (χ4n) is 5.49. The molecule has 0 saturated heterocycles. The van der Waals surface area contributed by atoms with E-state index in [1.54, 1.807) is 4.68 Å². The number of fused-ring (bicyclic) bond motifs is 1. The predicted molar refractivity (Wildman–Crippen MR) is 125 cm³/mol. The molecule has 2 fully saturated rings. The molecule has 31 heavy (non-hydrogen) atoms. The quantitative estimate of drug-likeness (QED) is 0.549. The maximum atomic E-state index is 13.3. The molecule has 3 atom stereocenters. The zero-order chi connectivity index (χ0) is 22.3. The van der Waals surface area contributed by atoms with Crippen molar-refractivity contribution in [2.45, 2.75) is 38.5 Å². The number of hydrogen-bond donors (Lipinski definition) is 2. The fourth-order valence-corrected chi connectivity index (χ4v) is 5.67. The molecule has 1 amide bonds. The highest BCUT2D eigenvalue weighted by atomic mass is 31.0. The van der Waals surface area contributed by atoms with Crippen molar-refractivity contribution in [1.29, 1.82) is 0 Å². The Bertz CT molecular complexity index is 1000. The van der Waals surface area contributed by atoms with Crippen LogP contribution in [0.1, 0.15) is 53.2 Å². The number of benzene rings is 1. The summed E-state index contributed by atoms with van der Waals surface area (Å²) in [4.78, 5) is 25.3. The molecular weight excluding hydrogens is 411 g/mol. The molecule has 0 radical (unpaired) electrons. The second kappa shape index (κ2) is 8.62. The van der Waals surface area contributed by atoms with Crippen LogP contribution in [0.5, 0.6) is 0 Å². The van der Waals surface area contributed by atoms with Crippen molar-refractivity contribution in [3.05, 3.63) is 35.0 Å². The highest BCUT2D eigenvalue weighted by molar-refractivity contribution is 7.27. The van der Waals surface area contributed by atoms with Gasteiger partial charge in [0.2, 0.25) is 0 Å². The minimum Gasteiger partial charge on any atom is -0.469 e. The van der Waals surface area contributed by atoms with Crippen LogP contribution < -0.4 is 15.9 Å². The van der Waals surface area contributed by atoms with Gasteiger partial charge in [-0.15, -0.1) is 9.24 Å². The number of amides is 1. The number of esters is 1. The lowest BCUT2D eigenvalue weighted by Crippen LogP contribution is -2.17. The van der Waals surface area contributed by atoms with Gasteiger partial charge in [-0.05, 0) is 67.4 Å². The molecule has 1 heterocycles. The summed E-state index contributed by atoms with van der Waals surface area (Å²) in [6.07, 6.45) is 3.67. The van der Waals surface area contributed by atoms with E-state index >= 15 is 0 Å². The molecular formula is C23H31N4O3P. The van der Waals surface area contributed by atoms with Crippen LogP contribution in [0.2, 0.25) is 0 Å². The first kappa shape index (κ1) is 21.8. The van der Waals surface area contributed by atoms with Crippen molar-refractivity contribution >= 4 is 37.9 Å². The first-order chi connectivity index (χ1) is 14.8. The highest BCUT2D eigenvalue weighted by Gasteiger charge is 2.46. The number of nitrogens with one attached hydrogen (secondary N) is 2. The first-order valence-corrected chi connectivity index (χ1v) is 11.4. The third kappa shape index (κ3) is 4.08. The van der Waals surface area contributed by atoms with Crippen LogP contribution in [0.25, 0.3) is 0 Å². The molecule has 8 heteroatoms. The van der Waals surface area contributed by atoms with E-state index in [9.17, 15) is 9.59 Å². The molecule has 2 aromatic rings. The van der Waals surface area contributed by atoms with Crippen LogP contribution in [0.15, 0.2) is 18.2 Å². The SMILES string of the molecule is CNc1c(C(=O)Nc2ccc(P)c(C)c2)c(C2CC3CC(C(=O)OC)CC3C2)nn1C. The van der Waals surface area contributed by atoms with Crippen LogP contribution in [-0.2, 0) is 16.6 Å². The number of hydrogen-bond acceptors (Lipinski definition) is 5. The monoisotopic (exact) mass is 442 g/mol. The molecule has 3 unspecified atom stereocenters. The van der Waals surface area contributed by atoms with Crippen LogP contribution in [0, 0.1) is 24.7 Å². The minimum absolute atomic E-state index is 0.0169. The van der Waals surface area contributed by atoms with Gasteiger partial charge in [0.25, 0.3) is 5.91 Å². The fraction of sp³-hybridized carbons (Fsp3) is 0.522. The third-order valence-electron chi connectivity index (χ3n) is 7.00. The van der Waals surface area contributed by atoms with Crippen molar-refractivity contribution in [2.75, 3.05) is 24.8 Å². The summed E-state index contributed by atoms with van der Waals surface area (Å²) in [5.74, 6) is 1.70. The smallest absolute Gasteiger partial charge is 0.308 e. The van der Waals surface area contributed by atoms with Gasteiger partial charge in [0.05, 0.1) is 18.7 Å². The van der Waals surface area contributed by atoms with E-state index in [4.69, 9.17) is 9.84 Å². The number of rotatable bonds is 5. The maximum Gasteiger partial charge on any atom is 0.308 e. The molecule has 166 valence electrons. The Morgan fingerprint density at radius 2 is 1.87 bits per heavy atom. The zero-order valence-electron chi connectivity index (χ0n) is 18.6. The lowest BCUT2D eigenvalue weighted by molar-refractivity contribution is -0.145. The average molecular weight is 443 g/mol. The Morgan fingerprint density at radius 3 is 2.45 bits per heavy atom. The van der Waals surface area contributed by atoms with Crippen molar-refractivity contribution in [1.82, 2.24) is 9.78 Å². The molecule has 7 nitrogen and oxygen atoms in total. The van der Waals surface area contributed by atoms with Crippen LogP contribution in [0.3, 0.4) is 0 Å². The van der Waals surface area contributed by atoms with Gasteiger partial charge >= 0.3 is 5.97 Å². The van der Waals surface area contributed by atoms with E-state index in [2.05, 4.69) is 19.9 Å². The molecule has 2 saturated carbocycles. The third-order valence-corrected chi connectivity index (χ3v) is 7.65. The van der Waals surface area contributed by atoms with Crippen molar-refractivity contribution in [3.8, 4) is 0 Å². The number of methoxy groups -OCH3 is 1. The minimum atomic E-state index is -0.146. The van der Waals surface area contributed by atoms with Gasteiger partial charge in [-0.3, -0.25) is 14.3 Å². The lowest BCUT2D eigenvalue weighted by Gasteiger charge is -2.14. The number of aryl methyl sites for hydroxylation is 2. The Kier molecular flexibility index (Phi) is 6.07. The second-order valence-electron chi connectivity index (χ2n) is 8.89. The molecule has 0 aliphatic heterocycles. The zero-order valence-corrected chi connectivity index (χ0v) is 19.7. The number of nitrogens with zero attached hydrogens (tertiary/aromatic N) is 2. The molecule has 1 aromatic heterocycles. The van der Waals surface area contributed by atoms with E-state index < -0.39 is 0 Å². The van der Waals surface area contributed by atoms with E-state index in [0.717, 1.165) is 53.8 Å². The van der Waals surface area contributed by atoms with E-state index in [1.807, 2.05) is 39.2 Å². The number of carbonyl (C=O) groups is 2. The molecule has 2 N–H and O–H groups in total. The molecule has 2 aliphatic rings. The summed E-state index contributed by atoms with van der Waals surface area (Å²) in [5, 5.41) is 12.1. The van der Waals surface area contributed by atoms with E-state index in [0.29, 0.717) is 17.4 Å². The Hall–Kier alpha value is -2.40. The summed E-state index contributed by atoms with van der Waals surface area (Å²) in [5.41, 5.74) is 3.35. The second-order valence-corrected chi connectivity index (χ2v) is 9.51. The van der Waals surface area contributed by atoms with Crippen LogP contribution in [-0.4, -0.2) is 35.8 Å². The predicted octanol–water partition coefficient (Wildman–Crippen LogP) is 3.22. The normalized spacial score (nSPS) is 24.7. The lowest BCUT2D eigenvalue weighted by atomic mass is 9.93. The maximum absolute atomic E-state index is 13.3. The summed E-state index contributed by atoms with van der Waals surface area (Å²) in [6.45, 7) is 2.02. The number of aromatic nitrogens is 2. The van der Waals surface area contributed by atoms with Gasteiger partial charge < -0.3 is 15.4 Å². The van der Waals surface area contributed by atoms with Gasteiger partial charge in [-0.2, -0.15) is 5.10 Å². The average Bonchev–Trinajstić information content (AvgIpc) is 3.40. The highest BCUT2D eigenvalue weighted by Crippen LogP contribution is 2.53. The van der Waals surface area contributed by atoms with Gasteiger partial charge in [0, 0.05) is 25.7 Å². The molecule has 4 rings (SSSR count). The van der Waals surface area contributed by atoms with Gasteiger partial charge in [0.1, 0.15) is 11.4 Å². The summed E-state index contributed by atoms with van der Waals surface area (Å²) in [7, 11) is 7.84. The van der Waals surface area contributed by atoms with Crippen molar-refractivity contribution < 1.29 is 14.3 Å². The first-order valence-electron chi connectivity index (χ1n) is 10.8. The van der Waals surface area contributed by atoms with E-state index in [-0.39, 0.29) is 23.7 Å². The summed E-state index contributed by atoms with van der Waals surface area (Å²) in [6, 6.07) is 5.87. The van der Waals surface area contributed by atoms with Crippen LogP contribution in [0.4, 0.5) is 11.5 Å². The number of ether oxygens (including phenoxy) is 1. The van der Waals surface area contributed by atoms with Gasteiger partial charge in [-0.1, -0.05) is 6.07 Å². The Morgan fingerprint density at radius 1 is 1.19 bits per heavy atom. The molecule has 0 spiro atoms. The molecule has 2 aliphatic carbocycles. The van der Waals surface area contributed by atoms with E-state index in [1.165, 1.54) is 7.11 Å². The molecule has 0 bridgehead atoms. The van der Waals surface area contributed by atoms with Gasteiger partial charge in [-0.25, -0.2) is 0 Å².